The van der Waals surface area contributed by atoms with Crippen molar-refractivity contribution in [1.29, 1.82) is 0 Å². The lowest BCUT2D eigenvalue weighted by Crippen LogP contribution is -2.33. The average molecular weight is 182 g/mol. The second-order valence-corrected chi connectivity index (χ2v) is 4.95. The minimum atomic E-state index is 0.768. The molecule has 2 nitrogen and oxygen atoms in total. The highest BCUT2D eigenvalue weighted by atomic mass is 15.1. The lowest BCUT2D eigenvalue weighted by atomic mass is 9.83. The fourth-order valence-corrected chi connectivity index (χ4v) is 2.83. The number of piperidine rings is 1. The van der Waals surface area contributed by atoms with E-state index in [1.54, 1.807) is 0 Å². The molecule has 2 atom stereocenters. The lowest BCUT2D eigenvalue weighted by Gasteiger charge is -2.32. The highest BCUT2D eigenvalue weighted by Crippen LogP contribution is 2.30. The second kappa shape index (κ2) is 3.97. The van der Waals surface area contributed by atoms with E-state index in [9.17, 15) is 0 Å². The third kappa shape index (κ3) is 2.23. The van der Waals surface area contributed by atoms with E-state index in [0.717, 1.165) is 17.9 Å². The summed E-state index contributed by atoms with van der Waals surface area (Å²) >= 11 is 0. The van der Waals surface area contributed by atoms with Crippen LogP contribution in [0.5, 0.6) is 0 Å². The van der Waals surface area contributed by atoms with Crippen LogP contribution in [0.3, 0.4) is 0 Å². The van der Waals surface area contributed by atoms with Gasteiger partial charge in [0, 0.05) is 6.04 Å². The topological polar surface area (TPSA) is 15.3 Å². The summed E-state index contributed by atoms with van der Waals surface area (Å²) in [5.74, 6) is 1.98. The van der Waals surface area contributed by atoms with Crippen LogP contribution in [-0.2, 0) is 0 Å². The molecule has 2 aliphatic rings. The molecule has 1 N–H and O–H groups in total. The SMILES string of the molecule is CC1CC(C2CCN(C)CC2)CN1. The summed E-state index contributed by atoms with van der Waals surface area (Å²) in [4.78, 5) is 2.46. The Hall–Kier alpha value is -0.0800. The van der Waals surface area contributed by atoms with Crippen molar-refractivity contribution in [3.8, 4) is 0 Å². The van der Waals surface area contributed by atoms with Gasteiger partial charge in [-0.2, -0.15) is 0 Å². The first-order valence-corrected chi connectivity index (χ1v) is 5.67. The number of nitrogens with one attached hydrogen (secondary N) is 1. The number of hydrogen-bond acceptors (Lipinski definition) is 2. The molecule has 0 saturated carbocycles. The van der Waals surface area contributed by atoms with Gasteiger partial charge in [0.2, 0.25) is 0 Å². The summed E-state index contributed by atoms with van der Waals surface area (Å²) in [5, 5.41) is 3.56. The van der Waals surface area contributed by atoms with E-state index in [1.165, 1.54) is 38.9 Å². The molecule has 0 bridgehead atoms. The largest absolute Gasteiger partial charge is 0.314 e. The summed E-state index contributed by atoms with van der Waals surface area (Å²) in [6.45, 7) is 6.22. The van der Waals surface area contributed by atoms with Crippen LogP contribution in [0.4, 0.5) is 0 Å². The predicted molar refractivity (Wildman–Crippen MR) is 55.8 cm³/mol. The van der Waals surface area contributed by atoms with Crippen LogP contribution in [0, 0.1) is 11.8 Å². The van der Waals surface area contributed by atoms with Gasteiger partial charge in [0.15, 0.2) is 0 Å². The normalized spacial score (nSPS) is 38.3. The van der Waals surface area contributed by atoms with E-state index in [2.05, 4.69) is 24.2 Å². The van der Waals surface area contributed by atoms with Gasteiger partial charge in [-0.15, -0.1) is 0 Å². The molecule has 2 rings (SSSR count). The van der Waals surface area contributed by atoms with Gasteiger partial charge in [0.25, 0.3) is 0 Å². The first-order chi connectivity index (χ1) is 6.25. The fourth-order valence-electron chi connectivity index (χ4n) is 2.83. The molecular weight excluding hydrogens is 160 g/mol. The summed E-state index contributed by atoms with van der Waals surface area (Å²) in [7, 11) is 2.24. The molecule has 13 heavy (non-hydrogen) atoms. The minimum Gasteiger partial charge on any atom is -0.314 e. The summed E-state index contributed by atoms with van der Waals surface area (Å²) < 4.78 is 0. The Kier molecular flexibility index (Phi) is 2.89. The third-order valence-corrected chi connectivity index (χ3v) is 3.81. The maximum absolute atomic E-state index is 3.56. The smallest absolute Gasteiger partial charge is 0.00420 e. The van der Waals surface area contributed by atoms with Crippen molar-refractivity contribution < 1.29 is 0 Å². The van der Waals surface area contributed by atoms with Crippen molar-refractivity contribution in [2.45, 2.75) is 32.2 Å². The zero-order valence-corrected chi connectivity index (χ0v) is 8.92. The van der Waals surface area contributed by atoms with Crippen LogP contribution in [0.15, 0.2) is 0 Å². The average Bonchev–Trinajstić information content (AvgIpc) is 2.53. The monoisotopic (exact) mass is 182 g/mol. The van der Waals surface area contributed by atoms with Crippen molar-refractivity contribution in [3.05, 3.63) is 0 Å². The Bertz CT molecular complexity index is 161. The van der Waals surface area contributed by atoms with Crippen LogP contribution in [0.1, 0.15) is 26.2 Å². The zero-order valence-electron chi connectivity index (χ0n) is 8.92. The van der Waals surface area contributed by atoms with Crippen LogP contribution < -0.4 is 5.32 Å². The van der Waals surface area contributed by atoms with E-state index in [1.807, 2.05) is 0 Å². The van der Waals surface area contributed by atoms with Crippen molar-refractivity contribution in [3.63, 3.8) is 0 Å². The highest BCUT2D eigenvalue weighted by molar-refractivity contribution is 4.85. The maximum atomic E-state index is 3.56. The third-order valence-electron chi connectivity index (χ3n) is 3.81. The van der Waals surface area contributed by atoms with Gasteiger partial charge in [-0.3, -0.25) is 0 Å². The van der Waals surface area contributed by atoms with E-state index >= 15 is 0 Å². The molecule has 0 aromatic heterocycles. The van der Waals surface area contributed by atoms with Crippen LogP contribution >= 0.6 is 0 Å². The Balaban J connectivity index is 1.81. The fraction of sp³-hybridized carbons (Fsp3) is 1.00. The molecule has 2 fully saturated rings. The minimum absolute atomic E-state index is 0.768. The number of likely N-dealkylation sites (tertiary alicyclic amines) is 1. The molecular formula is C11H22N2. The molecule has 0 aliphatic carbocycles. The Morgan fingerprint density at radius 2 is 1.85 bits per heavy atom. The molecule has 2 saturated heterocycles. The Labute approximate surface area is 81.7 Å². The van der Waals surface area contributed by atoms with E-state index < -0.39 is 0 Å². The summed E-state index contributed by atoms with van der Waals surface area (Å²) in [5.41, 5.74) is 0. The highest BCUT2D eigenvalue weighted by Gasteiger charge is 2.30. The predicted octanol–water partition coefficient (Wildman–Crippen LogP) is 1.33. The van der Waals surface area contributed by atoms with Crippen LogP contribution in [0.25, 0.3) is 0 Å². The van der Waals surface area contributed by atoms with Gasteiger partial charge >= 0.3 is 0 Å². The van der Waals surface area contributed by atoms with Gasteiger partial charge < -0.3 is 10.2 Å². The lowest BCUT2D eigenvalue weighted by molar-refractivity contribution is 0.177. The van der Waals surface area contributed by atoms with Crippen molar-refractivity contribution >= 4 is 0 Å². The molecule has 2 unspecified atom stereocenters. The Morgan fingerprint density at radius 3 is 2.38 bits per heavy atom. The molecule has 0 amide bonds. The molecule has 0 aromatic carbocycles. The van der Waals surface area contributed by atoms with Crippen molar-refractivity contribution in [2.24, 2.45) is 11.8 Å². The quantitative estimate of drug-likeness (QED) is 0.658. The molecule has 2 heteroatoms. The maximum Gasteiger partial charge on any atom is 0.00420 e. The number of nitrogens with zero attached hydrogens (tertiary/aromatic N) is 1. The summed E-state index contributed by atoms with van der Waals surface area (Å²) in [6.07, 6.45) is 4.26. The second-order valence-electron chi connectivity index (χ2n) is 4.95. The van der Waals surface area contributed by atoms with E-state index in [4.69, 9.17) is 0 Å². The van der Waals surface area contributed by atoms with Gasteiger partial charge in [-0.05, 0) is 64.7 Å². The van der Waals surface area contributed by atoms with Gasteiger partial charge in [0.05, 0.1) is 0 Å². The van der Waals surface area contributed by atoms with Gasteiger partial charge in [0.1, 0.15) is 0 Å². The molecule has 0 aromatic rings. The summed E-state index contributed by atoms with van der Waals surface area (Å²) in [6, 6.07) is 0.768. The van der Waals surface area contributed by atoms with Gasteiger partial charge in [-0.1, -0.05) is 0 Å². The van der Waals surface area contributed by atoms with E-state index in [0.29, 0.717) is 0 Å². The Morgan fingerprint density at radius 1 is 1.15 bits per heavy atom. The van der Waals surface area contributed by atoms with Crippen LogP contribution in [0.2, 0.25) is 0 Å². The number of hydrogen-bond donors (Lipinski definition) is 1. The standard InChI is InChI=1S/C11H22N2/c1-9-7-11(8-12-9)10-3-5-13(2)6-4-10/h9-12H,3-8H2,1-2H3. The molecule has 2 aliphatic heterocycles. The van der Waals surface area contributed by atoms with Crippen molar-refractivity contribution in [1.82, 2.24) is 10.2 Å². The molecule has 76 valence electrons. The zero-order chi connectivity index (χ0) is 9.26. The van der Waals surface area contributed by atoms with E-state index in [-0.39, 0.29) is 0 Å². The molecule has 0 spiro atoms. The number of rotatable bonds is 1. The first-order valence-electron chi connectivity index (χ1n) is 5.67. The van der Waals surface area contributed by atoms with Gasteiger partial charge in [-0.25, -0.2) is 0 Å². The molecule has 0 radical (unpaired) electrons. The van der Waals surface area contributed by atoms with Crippen LogP contribution in [-0.4, -0.2) is 37.6 Å². The first kappa shape index (κ1) is 9.47. The molecule has 2 heterocycles. The van der Waals surface area contributed by atoms with Crippen molar-refractivity contribution in [2.75, 3.05) is 26.7 Å².